The number of likely N-dealkylation sites (N-methyl/N-ethyl adjacent to an activating group) is 1. The van der Waals surface area contributed by atoms with E-state index in [1.54, 1.807) is 24.3 Å². The maximum absolute atomic E-state index is 12.6. The summed E-state index contributed by atoms with van der Waals surface area (Å²) in [6.07, 6.45) is 5.93. The molecule has 4 nitrogen and oxygen atoms in total. The van der Waals surface area contributed by atoms with Crippen LogP contribution >= 0.6 is 0 Å². The minimum atomic E-state index is -3.26. The third-order valence-electron chi connectivity index (χ3n) is 5.40. The lowest BCUT2D eigenvalue weighted by molar-refractivity contribution is 0.275. The predicted octanol–water partition coefficient (Wildman–Crippen LogP) is 4.46. The van der Waals surface area contributed by atoms with E-state index in [9.17, 15) is 8.42 Å². The number of aromatic nitrogens is 1. The second-order valence-corrected chi connectivity index (χ2v) is 9.80. The SMILES string of the molecule is CCC[C@H](Cc1c[nH]c2ccc(CCS(=O)(=O)c3ccccc3)cc12)N(C)C. The monoisotopic (exact) mass is 398 g/mol. The van der Waals surface area contributed by atoms with E-state index in [0.717, 1.165) is 30.3 Å². The minimum absolute atomic E-state index is 0.123. The Labute approximate surface area is 168 Å². The van der Waals surface area contributed by atoms with E-state index >= 15 is 0 Å². The highest BCUT2D eigenvalue weighted by molar-refractivity contribution is 7.91. The van der Waals surface area contributed by atoms with Crippen molar-refractivity contribution < 1.29 is 8.42 Å². The maximum Gasteiger partial charge on any atom is 0.178 e. The molecular weight excluding hydrogens is 368 g/mol. The minimum Gasteiger partial charge on any atom is -0.361 e. The van der Waals surface area contributed by atoms with Crippen LogP contribution in [0.3, 0.4) is 0 Å². The lowest BCUT2D eigenvalue weighted by Crippen LogP contribution is -2.29. The molecule has 1 aromatic heterocycles. The summed E-state index contributed by atoms with van der Waals surface area (Å²) in [6.45, 7) is 2.22. The number of nitrogens with one attached hydrogen (secondary N) is 1. The van der Waals surface area contributed by atoms with Gasteiger partial charge in [0.2, 0.25) is 0 Å². The number of rotatable bonds is 9. The molecule has 0 radical (unpaired) electrons. The molecule has 28 heavy (non-hydrogen) atoms. The first-order valence-electron chi connectivity index (χ1n) is 9.94. The van der Waals surface area contributed by atoms with Gasteiger partial charge in [0, 0.05) is 23.1 Å². The molecule has 1 atom stereocenters. The lowest BCUT2D eigenvalue weighted by Gasteiger charge is -2.23. The summed E-state index contributed by atoms with van der Waals surface area (Å²) < 4.78 is 25.1. The van der Waals surface area contributed by atoms with Crippen molar-refractivity contribution >= 4 is 20.7 Å². The Bertz CT molecular complexity index is 1010. The first-order valence-corrected chi connectivity index (χ1v) is 11.6. The van der Waals surface area contributed by atoms with Crippen molar-refractivity contribution in [1.82, 2.24) is 9.88 Å². The van der Waals surface area contributed by atoms with Gasteiger partial charge in [-0.3, -0.25) is 0 Å². The second kappa shape index (κ2) is 8.93. The number of sulfone groups is 1. The van der Waals surface area contributed by atoms with E-state index in [1.165, 1.54) is 10.9 Å². The fourth-order valence-electron chi connectivity index (χ4n) is 3.68. The first kappa shape index (κ1) is 20.6. The number of H-pyrrole nitrogens is 1. The molecule has 0 saturated heterocycles. The summed E-state index contributed by atoms with van der Waals surface area (Å²) in [6, 6.07) is 15.4. The van der Waals surface area contributed by atoms with Crippen LogP contribution in [0.1, 0.15) is 30.9 Å². The zero-order valence-corrected chi connectivity index (χ0v) is 17.8. The summed E-state index contributed by atoms with van der Waals surface area (Å²) in [5.74, 6) is 0.123. The average Bonchev–Trinajstić information content (AvgIpc) is 3.09. The number of aromatic amines is 1. The van der Waals surface area contributed by atoms with Crippen molar-refractivity contribution in [2.75, 3.05) is 19.8 Å². The Balaban J connectivity index is 1.78. The smallest absolute Gasteiger partial charge is 0.178 e. The van der Waals surface area contributed by atoms with Gasteiger partial charge in [0.25, 0.3) is 0 Å². The number of aryl methyl sites for hydroxylation is 1. The molecule has 150 valence electrons. The number of hydrogen-bond donors (Lipinski definition) is 1. The Kier molecular flexibility index (Phi) is 6.57. The van der Waals surface area contributed by atoms with Crippen LogP contribution in [0, 0.1) is 0 Å². The van der Waals surface area contributed by atoms with E-state index in [-0.39, 0.29) is 5.75 Å². The molecule has 0 spiro atoms. The van der Waals surface area contributed by atoms with Crippen molar-refractivity contribution in [3.8, 4) is 0 Å². The number of nitrogens with zero attached hydrogens (tertiary/aromatic N) is 1. The molecule has 0 aliphatic heterocycles. The molecule has 5 heteroatoms. The van der Waals surface area contributed by atoms with Gasteiger partial charge in [-0.1, -0.05) is 37.6 Å². The predicted molar refractivity (Wildman–Crippen MR) is 117 cm³/mol. The van der Waals surface area contributed by atoms with Gasteiger partial charge in [-0.15, -0.1) is 0 Å². The summed E-state index contributed by atoms with van der Waals surface area (Å²) in [5, 5.41) is 1.21. The van der Waals surface area contributed by atoms with E-state index in [2.05, 4.69) is 49.2 Å². The van der Waals surface area contributed by atoms with E-state index in [0.29, 0.717) is 17.4 Å². The molecule has 1 heterocycles. The molecular formula is C23H30N2O2S. The van der Waals surface area contributed by atoms with Crippen LogP contribution in [-0.4, -0.2) is 44.2 Å². The van der Waals surface area contributed by atoms with Gasteiger partial charge in [-0.05, 0) is 68.8 Å². The van der Waals surface area contributed by atoms with E-state index in [1.807, 2.05) is 12.1 Å². The molecule has 2 aromatic carbocycles. The van der Waals surface area contributed by atoms with Crippen LogP contribution in [0.5, 0.6) is 0 Å². The molecule has 0 fully saturated rings. The molecule has 3 aromatic rings. The molecule has 0 aliphatic rings. The zero-order chi connectivity index (χ0) is 20.1. The quantitative estimate of drug-likeness (QED) is 0.579. The number of fused-ring (bicyclic) bond motifs is 1. The van der Waals surface area contributed by atoms with Gasteiger partial charge >= 0.3 is 0 Å². The van der Waals surface area contributed by atoms with E-state index in [4.69, 9.17) is 0 Å². The van der Waals surface area contributed by atoms with Crippen LogP contribution in [-0.2, 0) is 22.7 Å². The standard InChI is InChI=1S/C23H30N2O2S/c1-4-8-20(25(2)3)16-19-17-24-23-12-11-18(15-22(19)23)13-14-28(26,27)21-9-6-5-7-10-21/h5-7,9-12,15,17,20,24H,4,8,13-14,16H2,1-3H3/t20-/m1/s1. The van der Waals surface area contributed by atoms with Gasteiger partial charge in [-0.25, -0.2) is 8.42 Å². The van der Waals surface area contributed by atoms with Gasteiger partial charge in [0.15, 0.2) is 9.84 Å². The Morgan fingerprint density at radius 2 is 1.82 bits per heavy atom. The van der Waals surface area contributed by atoms with Crippen molar-refractivity contribution in [3.63, 3.8) is 0 Å². The zero-order valence-electron chi connectivity index (χ0n) is 17.0. The highest BCUT2D eigenvalue weighted by Gasteiger charge is 2.16. The van der Waals surface area contributed by atoms with Crippen molar-refractivity contribution in [3.05, 3.63) is 65.9 Å². The highest BCUT2D eigenvalue weighted by Crippen LogP contribution is 2.24. The number of benzene rings is 2. The number of hydrogen-bond acceptors (Lipinski definition) is 3. The van der Waals surface area contributed by atoms with Crippen molar-refractivity contribution in [2.24, 2.45) is 0 Å². The van der Waals surface area contributed by atoms with Crippen molar-refractivity contribution in [1.29, 1.82) is 0 Å². The first-order chi connectivity index (χ1) is 13.4. The average molecular weight is 399 g/mol. The van der Waals surface area contributed by atoms with Gasteiger partial charge in [0.05, 0.1) is 10.6 Å². The van der Waals surface area contributed by atoms with Crippen molar-refractivity contribution in [2.45, 2.75) is 43.5 Å². The Morgan fingerprint density at radius 3 is 2.50 bits per heavy atom. The molecule has 3 rings (SSSR count). The fraction of sp³-hybridized carbons (Fsp3) is 0.391. The largest absolute Gasteiger partial charge is 0.361 e. The summed E-state index contributed by atoms with van der Waals surface area (Å²) in [7, 11) is 1.01. The molecule has 1 N–H and O–H groups in total. The van der Waals surface area contributed by atoms with E-state index < -0.39 is 9.84 Å². The molecule has 0 bridgehead atoms. The molecule has 0 aliphatic carbocycles. The third kappa shape index (κ3) is 4.83. The normalized spacial score (nSPS) is 13.3. The van der Waals surface area contributed by atoms with Crippen LogP contribution in [0.25, 0.3) is 10.9 Å². The Morgan fingerprint density at radius 1 is 1.07 bits per heavy atom. The maximum atomic E-state index is 12.6. The fourth-order valence-corrected chi connectivity index (χ4v) is 4.99. The van der Waals surface area contributed by atoms with Crippen LogP contribution in [0.15, 0.2) is 59.6 Å². The topological polar surface area (TPSA) is 53.2 Å². The van der Waals surface area contributed by atoms with Gasteiger partial charge < -0.3 is 9.88 Å². The van der Waals surface area contributed by atoms with Gasteiger partial charge in [0.1, 0.15) is 0 Å². The second-order valence-electron chi connectivity index (χ2n) is 7.69. The molecule has 0 unspecified atom stereocenters. The summed E-state index contributed by atoms with van der Waals surface area (Å²) in [4.78, 5) is 6.05. The van der Waals surface area contributed by atoms with Crippen LogP contribution < -0.4 is 0 Å². The third-order valence-corrected chi connectivity index (χ3v) is 7.13. The van der Waals surface area contributed by atoms with Crippen LogP contribution in [0.2, 0.25) is 0 Å². The highest BCUT2D eigenvalue weighted by atomic mass is 32.2. The summed E-state index contributed by atoms with van der Waals surface area (Å²) in [5.41, 5.74) is 3.47. The van der Waals surface area contributed by atoms with Crippen LogP contribution in [0.4, 0.5) is 0 Å². The molecule has 0 amide bonds. The molecule has 0 saturated carbocycles. The summed E-state index contributed by atoms with van der Waals surface area (Å²) >= 11 is 0. The Hall–Kier alpha value is -2.11. The van der Waals surface area contributed by atoms with Gasteiger partial charge in [-0.2, -0.15) is 0 Å². The lowest BCUT2D eigenvalue weighted by atomic mass is 9.99.